The highest BCUT2D eigenvalue weighted by molar-refractivity contribution is 7.92. The Balaban J connectivity index is 1.89. The minimum absolute atomic E-state index is 0.0606. The van der Waals surface area contributed by atoms with Gasteiger partial charge in [-0.1, -0.05) is 86.1 Å². The van der Waals surface area contributed by atoms with Crippen molar-refractivity contribution in [3.05, 3.63) is 101 Å². The molecular weight excluding hydrogens is 558 g/mol. The van der Waals surface area contributed by atoms with Crippen molar-refractivity contribution in [2.24, 2.45) is 5.92 Å². The molecule has 0 aliphatic heterocycles. The van der Waals surface area contributed by atoms with Crippen molar-refractivity contribution in [3.8, 4) is 0 Å². The number of rotatable bonds is 14. The van der Waals surface area contributed by atoms with E-state index in [1.165, 1.54) is 4.31 Å². The lowest BCUT2D eigenvalue weighted by molar-refractivity contribution is -0.141. The van der Waals surface area contributed by atoms with Crippen LogP contribution in [-0.4, -0.2) is 50.5 Å². The van der Waals surface area contributed by atoms with Gasteiger partial charge in [0.15, 0.2) is 0 Å². The van der Waals surface area contributed by atoms with Crippen molar-refractivity contribution >= 4 is 39.1 Å². The zero-order valence-corrected chi connectivity index (χ0v) is 25.8. The second-order valence-corrected chi connectivity index (χ2v) is 13.0. The Labute approximate surface area is 249 Å². The molecule has 9 heteroatoms. The van der Waals surface area contributed by atoms with E-state index in [4.69, 9.17) is 11.6 Å². The van der Waals surface area contributed by atoms with Gasteiger partial charge in [0.25, 0.3) is 0 Å². The lowest BCUT2D eigenvalue weighted by Crippen LogP contribution is -2.51. The van der Waals surface area contributed by atoms with Gasteiger partial charge in [-0.3, -0.25) is 13.9 Å². The van der Waals surface area contributed by atoms with Gasteiger partial charge in [0.05, 0.1) is 11.9 Å². The van der Waals surface area contributed by atoms with Crippen LogP contribution in [0, 0.1) is 12.8 Å². The Morgan fingerprint density at radius 1 is 0.951 bits per heavy atom. The zero-order valence-electron chi connectivity index (χ0n) is 24.2. The van der Waals surface area contributed by atoms with E-state index in [2.05, 4.69) is 5.32 Å². The Kier molecular flexibility index (Phi) is 11.8. The average molecular weight is 598 g/mol. The number of sulfonamides is 1. The molecule has 1 atom stereocenters. The number of nitrogens with zero attached hydrogens (tertiary/aromatic N) is 2. The summed E-state index contributed by atoms with van der Waals surface area (Å²) in [4.78, 5) is 29.1. The molecule has 0 saturated carbocycles. The first-order valence-corrected chi connectivity index (χ1v) is 16.1. The second-order valence-electron chi connectivity index (χ2n) is 10.7. The summed E-state index contributed by atoms with van der Waals surface area (Å²) in [7, 11) is -3.57. The van der Waals surface area contributed by atoms with E-state index in [1.807, 2.05) is 87.5 Å². The molecule has 3 rings (SSSR count). The van der Waals surface area contributed by atoms with Crippen LogP contribution in [0.15, 0.2) is 78.9 Å². The smallest absolute Gasteiger partial charge is 0.243 e. The molecule has 0 radical (unpaired) electrons. The van der Waals surface area contributed by atoms with Crippen molar-refractivity contribution in [2.75, 3.05) is 23.7 Å². The highest BCUT2D eigenvalue weighted by Gasteiger charge is 2.31. The molecule has 3 aromatic carbocycles. The van der Waals surface area contributed by atoms with Gasteiger partial charge in [-0.2, -0.15) is 0 Å². The summed E-state index contributed by atoms with van der Waals surface area (Å²) in [6.45, 7) is 6.70. The van der Waals surface area contributed by atoms with Gasteiger partial charge in [-0.15, -0.1) is 0 Å². The van der Waals surface area contributed by atoms with Crippen LogP contribution >= 0.6 is 11.6 Å². The molecule has 2 amide bonds. The molecule has 0 aliphatic carbocycles. The van der Waals surface area contributed by atoms with Crippen molar-refractivity contribution < 1.29 is 18.0 Å². The van der Waals surface area contributed by atoms with Crippen LogP contribution in [0.2, 0.25) is 5.02 Å². The van der Waals surface area contributed by atoms with E-state index < -0.39 is 16.1 Å². The van der Waals surface area contributed by atoms with Crippen LogP contribution in [-0.2, 0) is 32.6 Å². The highest BCUT2D eigenvalue weighted by atomic mass is 35.5. The summed E-state index contributed by atoms with van der Waals surface area (Å²) in [6.07, 6.45) is 1.84. The minimum Gasteiger partial charge on any atom is -0.354 e. The maximum Gasteiger partial charge on any atom is 0.243 e. The lowest BCUT2D eigenvalue weighted by Gasteiger charge is -2.32. The lowest BCUT2D eigenvalue weighted by atomic mass is 10.0. The van der Waals surface area contributed by atoms with E-state index >= 15 is 0 Å². The first kappa shape index (κ1) is 32.2. The van der Waals surface area contributed by atoms with E-state index in [0.717, 1.165) is 22.9 Å². The zero-order chi connectivity index (χ0) is 30.0. The third kappa shape index (κ3) is 9.90. The van der Waals surface area contributed by atoms with Crippen molar-refractivity contribution in [2.45, 2.75) is 52.6 Å². The number of amides is 2. The molecule has 1 N–H and O–H groups in total. The molecule has 220 valence electrons. The average Bonchev–Trinajstić information content (AvgIpc) is 2.92. The van der Waals surface area contributed by atoms with Crippen molar-refractivity contribution in [1.82, 2.24) is 10.2 Å². The van der Waals surface area contributed by atoms with Crippen molar-refractivity contribution in [1.29, 1.82) is 0 Å². The summed E-state index contributed by atoms with van der Waals surface area (Å²) in [6, 6.07) is 23.4. The number of halogens is 1. The number of carbonyl (C=O) groups is 2. The molecule has 0 aromatic heterocycles. The highest BCUT2D eigenvalue weighted by Crippen LogP contribution is 2.23. The van der Waals surface area contributed by atoms with Crippen LogP contribution in [0.25, 0.3) is 0 Å². The van der Waals surface area contributed by atoms with Gasteiger partial charge in [-0.05, 0) is 54.2 Å². The summed E-state index contributed by atoms with van der Waals surface area (Å²) in [5.74, 6) is -0.239. The van der Waals surface area contributed by atoms with Crippen LogP contribution in [0.5, 0.6) is 0 Å². The summed E-state index contributed by atoms with van der Waals surface area (Å²) in [5, 5.41) is 3.51. The van der Waals surface area contributed by atoms with Gasteiger partial charge in [0.1, 0.15) is 6.04 Å². The molecule has 0 fully saturated rings. The van der Waals surface area contributed by atoms with Gasteiger partial charge in [0, 0.05) is 37.5 Å². The number of nitrogens with one attached hydrogen (secondary N) is 1. The van der Waals surface area contributed by atoms with Gasteiger partial charge in [-0.25, -0.2) is 8.42 Å². The topological polar surface area (TPSA) is 86.8 Å². The van der Waals surface area contributed by atoms with Gasteiger partial charge in [0.2, 0.25) is 21.8 Å². The maximum absolute atomic E-state index is 13.9. The van der Waals surface area contributed by atoms with Crippen LogP contribution < -0.4 is 9.62 Å². The molecule has 0 aliphatic rings. The monoisotopic (exact) mass is 597 g/mol. The molecular formula is C32H40ClN3O4S. The predicted molar refractivity (Wildman–Crippen MR) is 166 cm³/mol. The molecule has 0 bridgehead atoms. The number of hydrogen-bond acceptors (Lipinski definition) is 4. The predicted octanol–water partition coefficient (Wildman–Crippen LogP) is 5.61. The number of aryl methyl sites for hydroxylation is 1. The largest absolute Gasteiger partial charge is 0.354 e. The number of anilines is 1. The Morgan fingerprint density at radius 2 is 1.63 bits per heavy atom. The van der Waals surface area contributed by atoms with Crippen LogP contribution in [0.3, 0.4) is 0 Å². The summed E-state index contributed by atoms with van der Waals surface area (Å²) in [5.41, 5.74) is 3.16. The Hall–Kier alpha value is -3.36. The molecule has 3 aromatic rings. The van der Waals surface area contributed by atoms with Gasteiger partial charge < -0.3 is 10.2 Å². The third-order valence-corrected chi connectivity index (χ3v) is 8.26. The first-order chi connectivity index (χ1) is 19.5. The van der Waals surface area contributed by atoms with E-state index in [9.17, 15) is 18.0 Å². The molecule has 0 spiro atoms. The maximum atomic E-state index is 13.9. The summed E-state index contributed by atoms with van der Waals surface area (Å²) < 4.78 is 26.6. The fourth-order valence-electron chi connectivity index (χ4n) is 4.57. The van der Waals surface area contributed by atoms with E-state index in [0.29, 0.717) is 23.7 Å². The fraction of sp³-hybridized carbons (Fsp3) is 0.375. The van der Waals surface area contributed by atoms with E-state index in [-0.39, 0.29) is 43.7 Å². The third-order valence-electron chi connectivity index (χ3n) is 6.70. The van der Waals surface area contributed by atoms with Gasteiger partial charge >= 0.3 is 0 Å². The standard InChI is InChI=1S/C32H40ClN3O4S/c1-24(2)22-34-32(38)30(21-26-13-6-5-7-14-26)35(23-27-15-8-9-17-29(27)33)31(37)18-11-19-36(41(4,39)40)28-16-10-12-25(3)20-28/h5-10,12-17,20,24,30H,11,18-19,21-23H2,1-4H3,(H,34,38)/t30-/m1/s1. The molecule has 0 unspecified atom stereocenters. The SMILES string of the molecule is Cc1cccc(N(CCCC(=O)N(Cc2ccccc2Cl)[C@H](Cc2ccccc2)C(=O)NCC(C)C)S(C)(=O)=O)c1. The van der Waals surface area contributed by atoms with Crippen LogP contribution in [0.4, 0.5) is 5.69 Å². The van der Waals surface area contributed by atoms with Crippen LogP contribution in [0.1, 0.15) is 43.4 Å². The molecule has 41 heavy (non-hydrogen) atoms. The molecule has 0 heterocycles. The normalized spacial score (nSPS) is 12.1. The summed E-state index contributed by atoms with van der Waals surface area (Å²) >= 11 is 6.48. The minimum atomic E-state index is -3.57. The molecule has 0 saturated heterocycles. The second kappa shape index (κ2) is 15.0. The number of benzene rings is 3. The Morgan fingerprint density at radius 3 is 2.27 bits per heavy atom. The fourth-order valence-corrected chi connectivity index (χ4v) is 5.73. The molecule has 7 nitrogen and oxygen atoms in total. The number of hydrogen-bond donors (Lipinski definition) is 1. The number of carbonyl (C=O) groups excluding carboxylic acids is 2. The Bertz CT molecular complexity index is 1410. The van der Waals surface area contributed by atoms with Crippen molar-refractivity contribution in [3.63, 3.8) is 0 Å². The quantitative estimate of drug-likeness (QED) is 0.262. The first-order valence-electron chi connectivity index (χ1n) is 13.8. The van der Waals surface area contributed by atoms with E-state index in [1.54, 1.807) is 17.0 Å².